The number of aliphatic carboxylic acids is 1. The Morgan fingerprint density at radius 3 is 2.45 bits per heavy atom. The lowest BCUT2D eigenvalue weighted by Crippen LogP contribution is -2.29. The summed E-state index contributed by atoms with van der Waals surface area (Å²) < 4.78 is 0. The van der Waals surface area contributed by atoms with Crippen LogP contribution in [0.25, 0.3) is 6.08 Å². The summed E-state index contributed by atoms with van der Waals surface area (Å²) in [5.41, 5.74) is 1.69. The first-order valence-electron chi connectivity index (χ1n) is 6.84. The molecule has 0 aliphatic heterocycles. The van der Waals surface area contributed by atoms with Crippen LogP contribution in [0.5, 0.6) is 0 Å². The molecule has 0 bridgehead atoms. The Morgan fingerprint density at radius 1 is 1.30 bits per heavy atom. The SMILES string of the molecule is CCC1(CNC(=O)c2ccc(/C=C/C(=O)O)cc2)CC1. The molecule has 0 heterocycles. The summed E-state index contributed by atoms with van der Waals surface area (Å²) in [7, 11) is 0. The minimum Gasteiger partial charge on any atom is -0.478 e. The molecule has 106 valence electrons. The average Bonchev–Trinajstić information content (AvgIpc) is 3.24. The van der Waals surface area contributed by atoms with Crippen LogP contribution >= 0.6 is 0 Å². The summed E-state index contributed by atoms with van der Waals surface area (Å²) in [5.74, 6) is -1.06. The Hall–Kier alpha value is -2.10. The molecule has 1 aromatic rings. The topological polar surface area (TPSA) is 66.4 Å². The van der Waals surface area contributed by atoms with E-state index in [1.54, 1.807) is 24.3 Å². The number of rotatable bonds is 6. The molecule has 4 heteroatoms. The zero-order valence-electron chi connectivity index (χ0n) is 11.6. The number of amides is 1. The van der Waals surface area contributed by atoms with Gasteiger partial charge >= 0.3 is 5.97 Å². The zero-order valence-corrected chi connectivity index (χ0v) is 11.6. The monoisotopic (exact) mass is 273 g/mol. The molecule has 0 spiro atoms. The van der Waals surface area contributed by atoms with Crippen LogP contribution in [0.2, 0.25) is 0 Å². The number of benzene rings is 1. The van der Waals surface area contributed by atoms with Gasteiger partial charge in [0.2, 0.25) is 0 Å². The standard InChI is InChI=1S/C16H19NO3/c1-2-16(9-10-16)11-17-15(20)13-6-3-12(4-7-13)5-8-14(18)19/h3-8H,2,9-11H2,1H3,(H,17,20)(H,18,19)/b8-5+. The largest absolute Gasteiger partial charge is 0.478 e. The third-order valence-electron chi connectivity index (χ3n) is 3.92. The minimum atomic E-state index is -0.985. The van der Waals surface area contributed by atoms with E-state index in [1.807, 2.05) is 0 Å². The van der Waals surface area contributed by atoms with E-state index in [0.717, 1.165) is 24.6 Å². The number of carbonyl (C=O) groups is 2. The number of nitrogens with one attached hydrogen (secondary N) is 1. The second kappa shape index (κ2) is 5.90. The van der Waals surface area contributed by atoms with E-state index in [0.29, 0.717) is 11.0 Å². The van der Waals surface area contributed by atoms with Crippen LogP contribution in [0, 0.1) is 5.41 Å². The highest BCUT2D eigenvalue weighted by atomic mass is 16.4. The van der Waals surface area contributed by atoms with Gasteiger partial charge in [-0.1, -0.05) is 19.1 Å². The molecule has 0 saturated heterocycles. The van der Waals surface area contributed by atoms with Crippen molar-refractivity contribution in [1.82, 2.24) is 5.32 Å². The molecular weight excluding hydrogens is 254 g/mol. The first kappa shape index (κ1) is 14.3. The molecular formula is C16H19NO3. The Labute approximate surface area is 118 Å². The number of hydrogen-bond donors (Lipinski definition) is 2. The predicted octanol–water partition coefficient (Wildman–Crippen LogP) is 2.70. The van der Waals surface area contributed by atoms with Gasteiger partial charge < -0.3 is 10.4 Å². The van der Waals surface area contributed by atoms with E-state index in [1.165, 1.54) is 18.9 Å². The predicted molar refractivity (Wildman–Crippen MR) is 77.4 cm³/mol. The summed E-state index contributed by atoms with van der Waals surface area (Å²) in [4.78, 5) is 22.4. The molecule has 0 unspecified atom stereocenters. The van der Waals surface area contributed by atoms with Gasteiger partial charge in [0.25, 0.3) is 5.91 Å². The molecule has 1 aromatic carbocycles. The highest BCUT2D eigenvalue weighted by Gasteiger charge is 2.40. The van der Waals surface area contributed by atoms with Crippen molar-refractivity contribution in [2.75, 3.05) is 6.54 Å². The van der Waals surface area contributed by atoms with Crippen molar-refractivity contribution in [3.05, 3.63) is 41.5 Å². The van der Waals surface area contributed by atoms with Crippen molar-refractivity contribution in [3.63, 3.8) is 0 Å². The lowest BCUT2D eigenvalue weighted by Gasteiger charge is -2.13. The van der Waals surface area contributed by atoms with E-state index in [4.69, 9.17) is 5.11 Å². The van der Waals surface area contributed by atoms with Gasteiger partial charge in [0, 0.05) is 18.2 Å². The van der Waals surface area contributed by atoms with Crippen molar-refractivity contribution in [2.24, 2.45) is 5.41 Å². The van der Waals surface area contributed by atoms with E-state index < -0.39 is 5.97 Å². The van der Waals surface area contributed by atoms with Crippen LogP contribution < -0.4 is 5.32 Å². The molecule has 1 amide bonds. The van der Waals surface area contributed by atoms with Crippen molar-refractivity contribution in [1.29, 1.82) is 0 Å². The molecule has 2 N–H and O–H groups in total. The zero-order chi connectivity index (χ0) is 14.6. The van der Waals surface area contributed by atoms with Crippen LogP contribution in [0.15, 0.2) is 30.3 Å². The lowest BCUT2D eigenvalue weighted by molar-refractivity contribution is -0.131. The van der Waals surface area contributed by atoms with E-state index in [-0.39, 0.29) is 5.91 Å². The third kappa shape index (κ3) is 3.70. The first-order chi connectivity index (χ1) is 9.54. The fourth-order valence-electron chi connectivity index (χ4n) is 2.12. The van der Waals surface area contributed by atoms with Crippen molar-refractivity contribution in [3.8, 4) is 0 Å². The van der Waals surface area contributed by atoms with Crippen LogP contribution in [-0.4, -0.2) is 23.5 Å². The molecule has 1 fully saturated rings. The van der Waals surface area contributed by atoms with E-state index >= 15 is 0 Å². The molecule has 1 aliphatic rings. The molecule has 1 aliphatic carbocycles. The molecule has 0 atom stereocenters. The Kier molecular flexibility index (Phi) is 4.23. The second-order valence-corrected chi connectivity index (χ2v) is 5.33. The average molecular weight is 273 g/mol. The van der Waals surface area contributed by atoms with Crippen molar-refractivity contribution < 1.29 is 14.7 Å². The summed E-state index contributed by atoms with van der Waals surface area (Å²) in [6.07, 6.45) is 6.07. The summed E-state index contributed by atoms with van der Waals surface area (Å²) >= 11 is 0. The van der Waals surface area contributed by atoms with Crippen LogP contribution in [0.1, 0.15) is 42.1 Å². The lowest BCUT2D eigenvalue weighted by atomic mass is 10.0. The number of hydrogen-bond acceptors (Lipinski definition) is 2. The summed E-state index contributed by atoms with van der Waals surface area (Å²) in [6, 6.07) is 6.90. The number of carboxylic acid groups (broad SMARTS) is 1. The fraction of sp³-hybridized carbons (Fsp3) is 0.375. The van der Waals surface area contributed by atoms with Gasteiger partial charge in [-0.3, -0.25) is 4.79 Å². The van der Waals surface area contributed by atoms with Gasteiger partial charge in [-0.15, -0.1) is 0 Å². The quantitative estimate of drug-likeness (QED) is 0.783. The smallest absolute Gasteiger partial charge is 0.328 e. The van der Waals surface area contributed by atoms with Crippen LogP contribution in [-0.2, 0) is 4.79 Å². The molecule has 20 heavy (non-hydrogen) atoms. The molecule has 4 nitrogen and oxygen atoms in total. The highest BCUT2D eigenvalue weighted by molar-refractivity contribution is 5.94. The number of carboxylic acids is 1. The van der Waals surface area contributed by atoms with Crippen LogP contribution in [0.3, 0.4) is 0 Å². The highest BCUT2D eigenvalue weighted by Crippen LogP contribution is 2.47. The maximum Gasteiger partial charge on any atom is 0.328 e. The molecule has 1 saturated carbocycles. The summed E-state index contributed by atoms with van der Waals surface area (Å²) in [5, 5.41) is 11.5. The second-order valence-electron chi connectivity index (χ2n) is 5.33. The van der Waals surface area contributed by atoms with Gasteiger partial charge in [0.1, 0.15) is 0 Å². The Morgan fingerprint density at radius 2 is 1.95 bits per heavy atom. The maximum atomic E-state index is 12.0. The Balaban J connectivity index is 1.92. The van der Waals surface area contributed by atoms with Gasteiger partial charge in [-0.2, -0.15) is 0 Å². The first-order valence-corrected chi connectivity index (χ1v) is 6.84. The fourth-order valence-corrected chi connectivity index (χ4v) is 2.12. The van der Waals surface area contributed by atoms with Gasteiger partial charge in [-0.25, -0.2) is 4.79 Å². The van der Waals surface area contributed by atoms with Crippen molar-refractivity contribution >= 4 is 18.0 Å². The maximum absolute atomic E-state index is 12.0. The van der Waals surface area contributed by atoms with E-state index in [9.17, 15) is 9.59 Å². The molecule has 0 aromatic heterocycles. The number of carbonyl (C=O) groups excluding carboxylic acids is 1. The third-order valence-corrected chi connectivity index (χ3v) is 3.92. The molecule has 0 radical (unpaired) electrons. The Bertz CT molecular complexity index is 527. The normalized spacial score (nSPS) is 16.1. The van der Waals surface area contributed by atoms with Crippen molar-refractivity contribution in [2.45, 2.75) is 26.2 Å². The van der Waals surface area contributed by atoms with Gasteiger partial charge in [-0.05, 0) is 48.4 Å². The molecule has 2 rings (SSSR count). The summed E-state index contributed by atoms with van der Waals surface area (Å²) in [6.45, 7) is 2.89. The van der Waals surface area contributed by atoms with Crippen LogP contribution in [0.4, 0.5) is 0 Å². The van der Waals surface area contributed by atoms with Gasteiger partial charge in [0.05, 0.1) is 0 Å². The van der Waals surface area contributed by atoms with Gasteiger partial charge in [0.15, 0.2) is 0 Å². The minimum absolute atomic E-state index is 0.0708. The van der Waals surface area contributed by atoms with E-state index in [2.05, 4.69) is 12.2 Å².